The van der Waals surface area contributed by atoms with E-state index in [2.05, 4.69) is 84.9 Å². The molecule has 0 saturated heterocycles. The molecule has 3 heteroatoms. The number of hydrogen-bond donors (Lipinski definition) is 0. The van der Waals surface area contributed by atoms with Gasteiger partial charge in [0.15, 0.2) is 0 Å². The van der Waals surface area contributed by atoms with Crippen LogP contribution in [0.1, 0.15) is 44.1 Å². The van der Waals surface area contributed by atoms with E-state index in [0.29, 0.717) is 11.5 Å². The zero-order chi connectivity index (χ0) is 22.5. The summed E-state index contributed by atoms with van der Waals surface area (Å²) in [5.74, 6) is 3.72. The quantitative estimate of drug-likeness (QED) is 0.436. The smallest absolute Gasteiger partial charge is 0.217 e. The van der Waals surface area contributed by atoms with E-state index in [-0.39, 0.29) is 0 Å². The molecule has 4 bridgehead atoms. The third kappa shape index (κ3) is 3.54. The normalized spacial score (nSPS) is 31.5. The fraction of sp³-hybridized carbons (Fsp3) is 0.387. The van der Waals surface area contributed by atoms with Crippen molar-refractivity contribution in [2.24, 2.45) is 28.2 Å². The second-order valence-electron chi connectivity index (χ2n) is 11.1. The van der Waals surface area contributed by atoms with E-state index in [1.54, 1.807) is 0 Å². The Labute approximate surface area is 204 Å². The Balaban J connectivity index is 1.28. The van der Waals surface area contributed by atoms with Crippen LogP contribution in [-0.2, 0) is 4.74 Å². The molecule has 3 aromatic rings. The molecule has 3 aromatic carbocycles. The maximum atomic E-state index is 6.46. The minimum Gasteiger partial charge on any atom is -0.475 e. The van der Waals surface area contributed by atoms with Gasteiger partial charge in [-0.3, -0.25) is 0 Å². The van der Waals surface area contributed by atoms with Gasteiger partial charge in [0.05, 0.1) is 6.04 Å². The first kappa shape index (κ1) is 20.9. The van der Waals surface area contributed by atoms with Crippen LogP contribution in [0.3, 0.4) is 0 Å². The Kier molecular flexibility index (Phi) is 5.13. The summed E-state index contributed by atoms with van der Waals surface area (Å²) in [7, 11) is -0.685. The molecule has 8 rings (SSSR count). The van der Waals surface area contributed by atoms with Gasteiger partial charge in [-0.25, -0.2) is 4.99 Å². The lowest BCUT2D eigenvalue weighted by Crippen LogP contribution is -2.51. The Bertz CT molecular complexity index is 1130. The van der Waals surface area contributed by atoms with Crippen LogP contribution >= 0.6 is 7.92 Å². The first-order chi connectivity index (χ1) is 16.8. The van der Waals surface area contributed by atoms with Gasteiger partial charge in [-0.2, -0.15) is 0 Å². The van der Waals surface area contributed by atoms with Gasteiger partial charge < -0.3 is 4.74 Å². The fourth-order valence-electron chi connectivity index (χ4n) is 7.85. The van der Waals surface area contributed by atoms with Crippen molar-refractivity contribution in [1.29, 1.82) is 0 Å². The van der Waals surface area contributed by atoms with E-state index in [4.69, 9.17) is 9.73 Å². The molecule has 4 aliphatic carbocycles. The SMILES string of the molecule is c1ccc(P(c2ccccc2)c2ccccc2C2=N[C@H](C34CC5CC(CC(C5)C3)C4)CO2)cc1. The van der Waals surface area contributed by atoms with Crippen molar-refractivity contribution in [2.75, 3.05) is 6.61 Å². The molecular formula is C31H32NOP. The number of hydrogen-bond acceptors (Lipinski definition) is 2. The third-order valence-electron chi connectivity index (χ3n) is 8.85. The monoisotopic (exact) mass is 465 g/mol. The van der Waals surface area contributed by atoms with Crippen molar-refractivity contribution in [1.82, 2.24) is 0 Å². The van der Waals surface area contributed by atoms with Gasteiger partial charge >= 0.3 is 0 Å². The van der Waals surface area contributed by atoms with Crippen LogP contribution in [0, 0.1) is 23.2 Å². The second-order valence-corrected chi connectivity index (χ2v) is 13.3. The first-order valence-corrected chi connectivity index (χ1v) is 14.3. The summed E-state index contributed by atoms with van der Waals surface area (Å²) in [6.45, 7) is 0.768. The van der Waals surface area contributed by atoms with Gasteiger partial charge in [0.25, 0.3) is 0 Å². The summed E-state index contributed by atoms with van der Waals surface area (Å²) in [4.78, 5) is 5.38. The van der Waals surface area contributed by atoms with E-state index in [0.717, 1.165) is 30.3 Å². The molecule has 0 radical (unpaired) electrons. The molecule has 1 aliphatic heterocycles. The van der Waals surface area contributed by atoms with E-state index < -0.39 is 7.92 Å². The largest absolute Gasteiger partial charge is 0.475 e. The number of aliphatic imine (C=N–C) groups is 1. The Morgan fingerprint density at radius 1 is 0.676 bits per heavy atom. The van der Waals surface area contributed by atoms with Crippen molar-refractivity contribution in [3.63, 3.8) is 0 Å². The molecule has 5 aliphatic rings. The Morgan fingerprint density at radius 2 is 1.21 bits per heavy atom. The molecule has 0 unspecified atom stereocenters. The van der Waals surface area contributed by atoms with Crippen LogP contribution in [0.2, 0.25) is 0 Å². The predicted octanol–water partition coefficient (Wildman–Crippen LogP) is 5.81. The van der Waals surface area contributed by atoms with Gasteiger partial charge in [0.1, 0.15) is 6.61 Å². The molecule has 0 N–H and O–H groups in total. The maximum absolute atomic E-state index is 6.46. The highest BCUT2D eigenvalue weighted by molar-refractivity contribution is 7.80. The summed E-state index contributed by atoms with van der Waals surface area (Å²) >= 11 is 0. The minimum atomic E-state index is -0.685. The second kappa shape index (κ2) is 8.35. The van der Waals surface area contributed by atoms with Crippen LogP contribution in [0.25, 0.3) is 0 Å². The van der Waals surface area contributed by atoms with Crippen LogP contribution < -0.4 is 15.9 Å². The molecule has 1 atom stereocenters. The topological polar surface area (TPSA) is 21.6 Å². The first-order valence-electron chi connectivity index (χ1n) is 13.0. The zero-order valence-corrected chi connectivity index (χ0v) is 20.5. The van der Waals surface area contributed by atoms with Gasteiger partial charge in [0, 0.05) is 5.56 Å². The van der Waals surface area contributed by atoms with Crippen LogP contribution in [-0.4, -0.2) is 18.5 Å². The molecule has 34 heavy (non-hydrogen) atoms. The average Bonchev–Trinajstić information content (AvgIpc) is 3.37. The summed E-state index contributed by atoms with van der Waals surface area (Å²) in [5.41, 5.74) is 1.59. The number of benzene rings is 3. The molecule has 4 fully saturated rings. The summed E-state index contributed by atoms with van der Waals surface area (Å²) in [6, 6.07) is 31.1. The van der Waals surface area contributed by atoms with Crippen LogP contribution in [0.5, 0.6) is 0 Å². The molecule has 0 spiro atoms. The zero-order valence-electron chi connectivity index (χ0n) is 19.6. The number of rotatable bonds is 5. The standard InChI is InChI=1S/C31H32NOP/c1-3-9-25(10-4-1)34(26-11-5-2-6-12-26)28-14-8-7-13-27(28)30-32-29(21-33-30)31-18-22-15-23(19-31)17-24(16-22)20-31/h1-14,22-24,29H,15-21H2/t22?,23?,24?,29-,31?/m0/s1. The summed E-state index contributed by atoms with van der Waals surface area (Å²) in [5, 5.41) is 4.08. The molecule has 1 heterocycles. The minimum absolute atomic E-state index is 0.337. The van der Waals surface area contributed by atoms with Gasteiger partial charge in [0.2, 0.25) is 5.90 Å². The lowest BCUT2D eigenvalue weighted by Gasteiger charge is -2.58. The lowest BCUT2D eigenvalue weighted by atomic mass is 9.48. The Morgan fingerprint density at radius 3 is 1.79 bits per heavy atom. The summed E-state index contributed by atoms with van der Waals surface area (Å²) < 4.78 is 6.46. The lowest BCUT2D eigenvalue weighted by molar-refractivity contribution is -0.0691. The molecule has 0 amide bonds. The van der Waals surface area contributed by atoms with E-state index in [9.17, 15) is 0 Å². The highest BCUT2D eigenvalue weighted by Crippen LogP contribution is 2.62. The van der Waals surface area contributed by atoms with Gasteiger partial charge in [-0.1, -0.05) is 78.9 Å². The number of ether oxygens (including phenoxy) is 1. The maximum Gasteiger partial charge on any atom is 0.217 e. The van der Waals surface area contributed by atoms with E-state index in [1.807, 2.05) is 0 Å². The van der Waals surface area contributed by atoms with Crippen molar-refractivity contribution in [3.05, 3.63) is 90.5 Å². The molecule has 4 saturated carbocycles. The van der Waals surface area contributed by atoms with E-state index in [1.165, 1.54) is 60.0 Å². The van der Waals surface area contributed by atoms with Crippen LogP contribution in [0.4, 0.5) is 0 Å². The third-order valence-corrected chi connectivity index (χ3v) is 11.3. The van der Waals surface area contributed by atoms with Crippen molar-refractivity contribution in [3.8, 4) is 0 Å². The van der Waals surface area contributed by atoms with Gasteiger partial charge in [-0.15, -0.1) is 0 Å². The average molecular weight is 466 g/mol. The van der Waals surface area contributed by atoms with E-state index >= 15 is 0 Å². The van der Waals surface area contributed by atoms with Crippen LogP contribution in [0.15, 0.2) is 89.9 Å². The Hall–Kier alpha value is -2.44. The predicted molar refractivity (Wildman–Crippen MR) is 142 cm³/mol. The summed E-state index contributed by atoms with van der Waals surface area (Å²) in [6.07, 6.45) is 8.57. The van der Waals surface area contributed by atoms with Gasteiger partial charge in [-0.05, 0) is 91.6 Å². The fourth-order valence-corrected chi connectivity index (χ4v) is 10.3. The number of nitrogens with zero attached hydrogens (tertiary/aromatic N) is 1. The van der Waals surface area contributed by atoms with Crippen molar-refractivity contribution < 1.29 is 4.74 Å². The molecular weight excluding hydrogens is 433 g/mol. The van der Waals surface area contributed by atoms with Crippen molar-refractivity contribution in [2.45, 2.75) is 44.6 Å². The van der Waals surface area contributed by atoms with Crippen molar-refractivity contribution >= 4 is 29.7 Å². The highest BCUT2D eigenvalue weighted by Gasteiger charge is 2.55. The molecule has 2 nitrogen and oxygen atoms in total. The molecule has 172 valence electrons. The molecule has 0 aromatic heterocycles. The highest BCUT2D eigenvalue weighted by atomic mass is 31.1.